The Bertz CT molecular complexity index is 395. The minimum atomic E-state index is -1.06. The van der Waals surface area contributed by atoms with Gasteiger partial charge in [0.15, 0.2) is 0 Å². The number of carboxylic acids is 1. The molecule has 1 atom stereocenters. The van der Waals surface area contributed by atoms with E-state index in [-0.39, 0.29) is 5.76 Å². The molecule has 17 heavy (non-hydrogen) atoms. The highest BCUT2D eigenvalue weighted by Crippen LogP contribution is 2.14. The molecule has 0 saturated carbocycles. The summed E-state index contributed by atoms with van der Waals surface area (Å²) >= 11 is 0. The van der Waals surface area contributed by atoms with Crippen LogP contribution in [-0.4, -0.2) is 28.3 Å². The maximum atomic E-state index is 10.8. The molecule has 0 amide bonds. The van der Waals surface area contributed by atoms with Gasteiger partial charge in [-0.25, -0.2) is 4.79 Å². The van der Waals surface area contributed by atoms with Crippen LogP contribution >= 0.6 is 0 Å². The summed E-state index contributed by atoms with van der Waals surface area (Å²) in [6, 6.07) is 1.69. The normalized spacial score (nSPS) is 14.6. The lowest BCUT2D eigenvalue weighted by molar-refractivity contribution is 0.0547. The third kappa shape index (κ3) is 3.87. The zero-order valence-corrected chi connectivity index (χ0v) is 10.4. The quantitative estimate of drug-likeness (QED) is 0.703. The Morgan fingerprint density at radius 2 is 2.24 bits per heavy atom. The largest absolute Gasteiger partial charge is 0.475 e. The summed E-state index contributed by atoms with van der Waals surface area (Å²) in [7, 11) is 0. The fourth-order valence-corrected chi connectivity index (χ4v) is 1.43. The van der Waals surface area contributed by atoms with E-state index in [1.54, 1.807) is 19.9 Å². The van der Waals surface area contributed by atoms with Gasteiger partial charge in [-0.1, -0.05) is 6.92 Å². The molecule has 0 bridgehead atoms. The summed E-state index contributed by atoms with van der Waals surface area (Å²) in [5, 5.41) is 21.6. The first-order chi connectivity index (χ1) is 7.85. The summed E-state index contributed by atoms with van der Waals surface area (Å²) in [6.07, 6.45) is 0.650. The number of aliphatic hydroxyl groups is 1. The molecule has 0 radical (unpaired) electrons. The van der Waals surface area contributed by atoms with Crippen molar-refractivity contribution in [2.24, 2.45) is 0 Å². The van der Waals surface area contributed by atoms with E-state index >= 15 is 0 Å². The fraction of sp³-hybridized carbons (Fsp3) is 0.583. The predicted octanol–water partition coefficient (Wildman–Crippen LogP) is 1.54. The minimum Gasteiger partial charge on any atom is -0.475 e. The van der Waals surface area contributed by atoms with Gasteiger partial charge >= 0.3 is 5.97 Å². The van der Waals surface area contributed by atoms with Gasteiger partial charge in [-0.2, -0.15) is 0 Å². The van der Waals surface area contributed by atoms with Crippen molar-refractivity contribution in [2.45, 2.75) is 39.3 Å². The van der Waals surface area contributed by atoms with Crippen LogP contribution in [0.15, 0.2) is 10.5 Å². The van der Waals surface area contributed by atoms with Crippen LogP contribution in [0.1, 0.15) is 42.1 Å². The molecular formula is C12H19NO4. The van der Waals surface area contributed by atoms with Crippen LogP contribution in [0.4, 0.5) is 0 Å². The van der Waals surface area contributed by atoms with Crippen molar-refractivity contribution < 1.29 is 19.4 Å². The van der Waals surface area contributed by atoms with Gasteiger partial charge in [-0.05, 0) is 26.3 Å². The van der Waals surface area contributed by atoms with E-state index in [2.05, 4.69) is 5.32 Å². The fourth-order valence-electron chi connectivity index (χ4n) is 1.43. The molecule has 0 saturated heterocycles. The molecule has 0 fully saturated rings. The van der Waals surface area contributed by atoms with Crippen molar-refractivity contribution in [3.63, 3.8) is 0 Å². The van der Waals surface area contributed by atoms with E-state index < -0.39 is 11.6 Å². The van der Waals surface area contributed by atoms with Gasteiger partial charge in [0.05, 0.1) is 12.1 Å². The summed E-state index contributed by atoms with van der Waals surface area (Å²) in [4.78, 5) is 10.8. The summed E-state index contributed by atoms with van der Waals surface area (Å²) in [5.41, 5.74) is -0.145. The number of carbonyl (C=O) groups is 1. The highest BCUT2D eigenvalue weighted by atomic mass is 16.4. The van der Waals surface area contributed by atoms with Crippen molar-refractivity contribution in [1.82, 2.24) is 5.32 Å². The molecule has 5 heteroatoms. The molecule has 1 aromatic heterocycles. The van der Waals surface area contributed by atoms with E-state index in [0.29, 0.717) is 30.8 Å². The lowest BCUT2D eigenvalue weighted by atomic mass is 10.0. The zero-order valence-electron chi connectivity index (χ0n) is 10.4. The van der Waals surface area contributed by atoms with Crippen LogP contribution in [-0.2, 0) is 6.54 Å². The summed E-state index contributed by atoms with van der Waals surface area (Å²) in [5.74, 6) is -0.523. The average molecular weight is 241 g/mol. The predicted molar refractivity (Wildman–Crippen MR) is 63.0 cm³/mol. The second kappa shape index (κ2) is 5.33. The smallest absolute Gasteiger partial charge is 0.372 e. The molecule has 5 nitrogen and oxygen atoms in total. The molecule has 0 aliphatic rings. The van der Waals surface area contributed by atoms with Crippen molar-refractivity contribution in [2.75, 3.05) is 6.54 Å². The SMILES string of the molecule is CCC(C)(O)CNCc1cc(C)c(C(=O)O)o1. The molecule has 96 valence electrons. The first-order valence-corrected chi connectivity index (χ1v) is 5.61. The summed E-state index contributed by atoms with van der Waals surface area (Å²) < 4.78 is 5.18. The Hall–Kier alpha value is -1.33. The van der Waals surface area contributed by atoms with Gasteiger partial charge < -0.3 is 19.9 Å². The van der Waals surface area contributed by atoms with Crippen molar-refractivity contribution in [1.29, 1.82) is 0 Å². The Morgan fingerprint density at radius 3 is 2.71 bits per heavy atom. The molecule has 1 unspecified atom stereocenters. The van der Waals surface area contributed by atoms with E-state index in [0.717, 1.165) is 0 Å². The number of aryl methyl sites for hydroxylation is 1. The molecule has 1 rings (SSSR count). The van der Waals surface area contributed by atoms with Crippen LogP contribution in [0.25, 0.3) is 0 Å². The maximum Gasteiger partial charge on any atom is 0.372 e. The topological polar surface area (TPSA) is 82.7 Å². The highest BCUT2D eigenvalue weighted by molar-refractivity contribution is 5.86. The second-order valence-electron chi connectivity index (χ2n) is 4.48. The molecule has 3 N–H and O–H groups in total. The van der Waals surface area contributed by atoms with E-state index in [1.807, 2.05) is 6.92 Å². The average Bonchev–Trinajstić information content (AvgIpc) is 2.59. The number of hydrogen-bond acceptors (Lipinski definition) is 4. The minimum absolute atomic E-state index is 0.0240. The van der Waals surface area contributed by atoms with Crippen molar-refractivity contribution >= 4 is 5.97 Å². The number of nitrogens with one attached hydrogen (secondary N) is 1. The molecule has 1 heterocycles. The van der Waals surface area contributed by atoms with E-state index in [4.69, 9.17) is 9.52 Å². The van der Waals surface area contributed by atoms with Crippen LogP contribution < -0.4 is 5.32 Å². The summed E-state index contributed by atoms with van der Waals surface area (Å²) in [6.45, 7) is 6.19. The van der Waals surface area contributed by atoms with Crippen LogP contribution in [0.3, 0.4) is 0 Å². The Balaban J connectivity index is 2.53. The van der Waals surface area contributed by atoms with Gasteiger partial charge in [0, 0.05) is 12.1 Å². The maximum absolute atomic E-state index is 10.8. The van der Waals surface area contributed by atoms with Gasteiger partial charge in [0.25, 0.3) is 0 Å². The third-order valence-electron chi connectivity index (χ3n) is 2.73. The number of furan rings is 1. The Labute approximate surface area is 100 Å². The molecule has 0 aromatic carbocycles. The van der Waals surface area contributed by atoms with Crippen molar-refractivity contribution in [3.8, 4) is 0 Å². The highest BCUT2D eigenvalue weighted by Gasteiger charge is 2.18. The number of carboxylic acid groups (broad SMARTS) is 1. The molecule has 1 aromatic rings. The Kier molecular flexibility index (Phi) is 4.31. The zero-order chi connectivity index (χ0) is 13.1. The monoisotopic (exact) mass is 241 g/mol. The lowest BCUT2D eigenvalue weighted by Crippen LogP contribution is -2.36. The van der Waals surface area contributed by atoms with Crippen LogP contribution in [0.5, 0.6) is 0 Å². The van der Waals surface area contributed by atoms with Crippen LogP contribution in [0.2, 0.25) is 0 Å². The first-order valence-electron chi connectivity index (χ1n) is 5.61. The molecule has 0 aliphatic carbocycles. The number of hydrogen-bond donors (Lipinski definition) is 3. The molecule has 0 aliphatic heterocycles. The molecular weight excluding hydrogens is 222 g/mol. The van der Waals surface area contributed by atoms with Crippen molar-refractivity contribution in [3.05, 3.63) is 23.2 Å². The first kappa shape index (κ1) is 13.7. The second-order valence-corrected chi connectivity index (χ2v) is 4.48. The van der Waals surface area contributed by atoms with Gasteiger partial charge in [-0.15, -0.1) is 0 Å². The van der Waals surface area contributed by atoms with Crippen LogP contribution in [0, 0.1) is 6.92 Å². The molecule has 0 spiro atoms. The third-order valence-corrected chi connectivity index (χ3v) is 2.73. The van der Waals surface area contributed by atoms with E-state index in [1.165, 1.54) is 0 Å². The van der Waals surface area contributed by atoms with Gasteiger partial charge in [0.2, 0.25) is 5.76 Å². The lowest BCUT2D eigenvalue weighted by Gasteiger charge is -2.21. The number of aromatic carboxylic acids is 1. The van der Waals surface area contributed by atoms with Gasteiger partial charge in [0.1, 0.15) is 5.76 Å². The van der Waals surface area contributed by atoms with Gasteiger partial charge in [-0.3, -0.25) is 0 Å². The Morgan fingerprint density at radius 1 is 1.59 bits per heavy atom. The van der Waals surface area contributed by atoms with E-state index in [9.17, 15) is 9.90 Å². The number of rotatable bonds is 6. The standard InChI is InChI=1S/C12H19NO4/c1-4-12(3,16)7-13-6-9-5-8(2)10(17-9)11(14)15/h5,13,16H,4,6-7H2,1-3H3,(H,14,15).